The number of hydrogen-bond acceptors (Lipinski definition) is 6. The predicted octanol–water partition coefficient (Wildman–Crippen LogP) is 1.25. The van der Waals surface area contributed by atoms with Crippen molar-refractivity contribution in [2.24, 2.45) is 5.84 Å². The average molecular weight is 265 g/mol. The summed E-state index contributed by atoms with van der Waals surface area (Å²) in [7, 11) is 0. The molecule has 19 heavy (non-hydrogen) atoms. The van der Waals surface area contributed by atoms with E-state index in [1.165, 1.54) is 0 Å². The second-order valence-corrected chi connectivity index (χ2v) is 4.95. The van der Waals surface area contributed by atoms with Crippen molar-refractivity contribution in [2.75, 3.05) is 30.1 Å². The molecule has 2 heterocycles. The lowest BCUT2D eigenvalue weighted by atomic mass is 10.2. The van der Waals surface area contributed by atoms with Gasteiger partial charge in [-0.1, -0.05) is 6.92 Å². The highest BCUT2D eigenvalue weighted by atomic mass is 16.5. The van der Waals surface area contributed by atoms with Gasteiger partial charge in [-0.2, -0.15) is 0 Å². The maximum atomic E-state index is 5.57. The van der Waals surface area contributed by atoms with Gasteiger partial charge in [0.25, 0.3) is 0 Å². The molecule has 0 amide bonds. The zero-order valence-electron chi connectivity index (χ0n) is 11.9. The molecule has 0 aliphatic carbocycles. The lowest BCUT2D eigenvalue weighted by molar-refractivity contribution is 0.0984. The number of ether oxygens (including phenoxy) is 1. The molecule has 0 radical (unpaired) electrons. The number of rotatable bonds is 4. The molecule has 0 aromatic carbocycles. The molecule has 1 saturated heterocycles. The van der Waals surface area contributed by atoms with Gasteiger partial charge >= 0.3 is 0 Å². The summed E-state index contributed by atoms with van der Waals surface area (Å²) in [6.45, 7) is 8.60. The zero-order chi connectivity index (χ0) is 13.8. The Bertz CT molecular complexity index is 437. The van der Waals surface area contributed by atoms with Crippen molar-refractivity contribution in [3.8, 4) is 0 Å². The number of nitrogens with one attached hydrogen (secondary N) is 1. The molecule has 0 bridgehead atoms. The molecule has 2 rings (SSSR count). The van der Waals surface area contributed by atoms with Crippen molar-refractivity contribution in [3.63, 3.8) is 0 Å². The molecule has 1 aromatic heterocycles. The lowest BCUT2D eigenvalue weighted by Gasteiger charge is -2.35. The molecule has 1 unspecified atom stereocenters. The summed E-state index contributed by atoms with van der Waals surface area (Å²) in [5.74, 6) is 8.10. The van der Waals surface area contributed by atoms with Crippen LogP contribution in [0.15, 0.2) is 0 Å². The molecule has 0 spiro atoms. The van der Waals surface area contributed by atoms with Gasteiger partial charge in [0, 0.05) is 18.5 Å². The molecule has 3 N–H and O–H groups in total. The molecule has 6 nitrogen and oxygen atoms in total. The van der Waals surface area contributed by atoms with E-state index in [-0.39, 0.29) is 0 Å². The predicted molar refractivity (Wildman–Crippen MR) is 76.2 cm³/mol. The van der Waals surface area contributed by atoms with Gasteiger partial charge in [0.05, 0.1) is 19.3 Å². The van der Waals surface area contributed by atoms with Gasteiger partial charge in [-0.25, -0.2) is 15.8 Å². The van der Waals surface area contributed by atoms with E-state index in [0.717, 1.165) is 49.8 Å². The number of anilines is 2. The Labute approximate surface area is 114 Å². The topological polar surface area (TPSA) is 76.3 Å². The molecule has 0 saturated carbocycles. The van der Waals surface area contributed by atoms with Crippen LogP contribution in [0.2, 0.25) is 0 Å². The minimum absolute atomic E-state index is 0.322. The fourth-order valence-electron chi connectivity index (χ4n) is 2.35. The molecule has 6 heteroatoms. The van der Waals surface area contributed by atoms with Crippen molar-refractivity contribution >= 4 is 11.6 Å². The minimum atomic E-state index is 0.322. The molecule has 106 valence electrons. The van der Waals surface area contributed by atoms with Gasteiger partial charge in [0.2, 0.25) is 0 Å². The van der Waals surface area contributed by atoms with Gasteiger partial charge in [0.1, 0.15) is 17.5 Å². The Morgan fingerprint density at radius 3 is 2.89 bits per heavy atom. The zero-order valence-corrected chi connectivity index (χ0v) is 11.9. The van der Waals surface area contributed by atoms with E-state index in [1.54, 1.807) is 0 Å². The van der Waals surface area contributed by atoms with E-state index in [4.69, 9.17) is 15.6 Å². The van der Waals surface area contributed by atoms with E-state index < -0.39 is 0 Å². The van der Waals surface area contributed by atoms with E-state index in [9.17, 15) is 0 Å². The molecule has 1 atom stereocenters. The number of aryl methyl sites for hydroxylation is 1. The first-order chi connectivity index (χ1) is 9.17. The molecule has 1 aromatic rings. The summed E-state index contributed by atoms with van der Waals surface area (Å²) in [5, 5.41) is 0. The van der Waals surface area contributed by atoms with E-state index in [2.05, 4.69) is 29.2 Å². The van der Waals surface area contributed by atoms with Crippen molar-refractivity contribution in [1.29, 1.82) is 0 Å². The molecular weight excluding hydrogens is 242 g/mol. The van der Waals surface area contributed by atoms with Gasteiger partial charge in [-0.15, -0.1) is 0 Å². The standard InChI is InChI=1S/C13H23N5O/c1-4-5-11-15-12(17-14)10(3)13(16-11)18-6-7-19-8-9(18)2/h9H,4-8,14H2,1-3H3,(H,15,16,17). The monoisotopic (exact) mass is 265 g/mol. The molecule has 1 aliphatic rings. The van der Waals surface area contributed by atoms with E-state index in [1.807, 2.05) is 6.92 Å². The highest BCUT2D eigenvalue weighted by molar-refractivity contribution is 5.58. The second-order valence-electron chi connectivity index (χ2n) is 4.95. The van der Waals surface area contributed by atoms with E-state index in [0.29, 0.717) is 11.9 Å². The van der Waals surface area contributed by atoms with Gasteiger partial charge in [-0.05, 0) is 20.3 Å². The van der Waals surface area contributed by atoms with Crippen molar-refractivity contribution in [3.05, 3.63) is 11.4 Å². The van der Waals surface area contributed by atoms with Crippen LogP contribution in [0.25, 0.3) is 0 Å². The number of aromatic nitrogens is 2. The number of hydrogen-bond donors (Lipinski definition) is 2. The Morgan fingerprint density at radius 1 is 1.47 bits per heavy atom. The van der Waals surface area contributed by atoms with Crippen LogP contribution in [-0.4, -0.2) is 35.8 Å². The SMILES string of the molecule is CCCc1nc(NN)c(C)c(N2CCOCC2C)n1. The third-order valence-corrected chi connectivity index (χ3v) is 3.42. The largest absolute Gasteiger partial charge is 0.377 e. The minimum Gasteiger partial charge on any atom is -0.377 e. The summed E-state index contributed by atoms with van der Waals surface area (Å²) in [5.41, 5.74) is 3.68. The lowest BCUT2D eigenvalue weighted by Crippen LogP contribution is -2.44. The van der Waals surface area contributed by atoms with Crippen LogP contribution in [0.5, 0.6) is 0 Å². The fourth-order valence-corrected chi connectivity index (χ4v) is 2.35. The van der Waals surface area contributed by atoms with Crippen LogP contribution in [0, 0.1) is 6.92 Å². The van der Waals surface area contributed by atoms with E-state index >= 15 is 0 Å². The van der Waals surface area contributed by atoms with Crippen LogP contribution >= 0.6 is 0 Å². The fraction of sp³-hybridized carbons (Fsp3) is 0.692. The van der Waals surface area contributed by atoms with Gasteiger partial charge < -0.3 is 15.1 Å². The van der Waals surface area contributed by atoms with Crippen molar-refractivity contribution < 1.29 is 4.74 Å². The second kappa shape index (κ2) is 6.16. The highest BCUT2D eigenvalue weighted by Crippen LogP contribution is 2.26. The Kier molecular flexibility index (Phi) is 4.55. The first kappa shape index (κ1) is 14.0. The van der Waals surface area contributed by atoms with Crippen LogP contribution in [0.4, 0.5) is 11.6 Å². The van der Waals surface area contributed by atoms with Crippen molar-refractivity contribution in [1.82, 2.24) is 9.97 Å². The molecule has 1 aliphatic heterocycles. The Hall–Kier alpha value is -1.40. The number of nitrogens with two attached hydrogens (primary N) is 1. The summed E-state index contributed by atoms with van der Waals surface area (Å²) < 4.78 is 5.48. The average Bonchev–Trinajstić information content (AvgIpc) is 2.42. The van der Waals surface area contributed by atoms with Gasteiger partial charge in [0.15, 0.2) is 0 Å². The highest BCUT2D eigenvalue weighted by Gasteiger charge is 2.23. The first-order valence-corrected chi connectivity index (χ1v) is 6.85. The number of hydrazine groups is 1. The first-order valence-electron chi connectivity index (χ1n) is 6.85. The molecular formula is C13H23N5O. The smallest absolute Gasteiger partial charge is 0.148 e. The molecule has 1 fully saturated rings. The Morgan fingerprint density at radius 2 is 2.26 bits per heavy atom. The van der Waals surface area contributed by atoms with Crippen LogP contribution < -0.4 is 16.2 Å². The van der Waals surface area contributed by atoms with Crippen LogP contribution in [-0.2, 0) is 11.2 Å². The number of nitrogens with zero attached hydrogens (tertiary/aromatic N) is 3. The van der Waals surface area contributed by atoms with Crippen LogP contribution in [0.1, 0.15) is 31.7 Å². The quantitative estimate of drug-likeness (QED) is 0.630. The maximum Gasteiger partial charge on any atom is 0.148 e. The summed E-state index contributed by atoms with van der Waals surface area (Å²) in [6.07, 6.45) is 1.88. The number of nitrogen functional groups attached to an aromatic ring is 1. The normalized spacial score (nSPS) is 19.6. The number of morpholine rings is 1. The van der Waals surface area contributed by atoms with Gasteiger partial charge in [-0.3, -0.25) is 0 Å². The third-order valence-electron chi connectivity index (χ3n) is 3.42. The summed E-state index contributed by atoms with van der Waals surface area (Å²) in [6, 6.07) is 0.322. The summed E-state index contributed by atoms with van der Waals surface area (Å²) >= 11 is 0. The maximum absolute atomic E-state index is 5.57. The van der Waals surface area contributed by atoms with Crippen LogP contribution in [0.3, 0.4) is 0 Å². The summed E-state index contributed by atoms with van der Waals surface area (Å²) in [4.78, 5) is 11.4. The van der Waals surface area contributed by atoms with Crippen molar-refractivity contribution in [2.45, 2.75) is 39.7 Å². The Balaban J connectivity index is 2.38. The third kappa shape index (κ3) is 2.96.